The first-order chi connectivity index (χ1) is 9.74. The Bertz CT molecular complexity index is 579. The number of hydrogen-bond acceptors (Lipinski definition) is 5. The number of nitrogens with zero attached hydrogens (tertiary/aromatic N) is 4. The average molecular weight is 291 g/mol. The van der Waals surface area contributed by atoms with Gasteiger partial charge in [-0.15, -0.1) is 16.4 Å². The molecule has 1 amide bonds. The molecule has 0 radical (unpaired) electrons. The van der Waals surface area contributed by atoms with E-state index in [1.54, 1.807) is 0 Å². The minimum Gasteiger partial charge on any atom is -0.349 e. The minimum atomic E-state index is -0.0235. The molecule has 2 aromatic rings. The molecule has 0 spiro atoms. The van der Waals surface area contributed by atoms with Crippen molar-refractivity contribution >= 4 is 17.2 Å². The monoisotopic (exact) mass is 291 g/mol. The summed E-state index contributed by atoms with van der Waals surface area (Å²) in [4.78, 5) is 13.1. The van der Waals surface area contributed by atoms with Crippen molar-refractivity contribution < 1.29 is 4.79 Å². The van der Waals surface area contributed by atoms with Crippen molar-refractivity contribution in [3.8, 4) is 5.69 Å². The van der Waals surface area contributed by atoms with E-state index in [1.807, 2.05) is 11.4 Å². The summed E-state index contributed by atoms with van der Waals surface area (Å²) in [5.74, 6) is 0.668. The van der Waals surface area contributed by atoms with Gasteiger partial charge in [0.25, 0.3) is 5.91 Å². The van der Waals surface area contributed by atoms with Crippen molar-refractivity contribution in [3.05, 3.63) is 22.7 Å². The lowest BCUT2D eigenvalue weighted by atomic mass is 9.87. The van der Waals surface area contributed by atoms with Crippen LogP contribution in [0.25, 0.3) is 5.69 Å². The number of thiophene rings is 1. The Morgan fingerprint density at radius 2 is 2.40 bits per heavy atom. The number of carbonyl (C=O) groups excluding carboxylic acids is 1. The fraction of sp³-hybridized carbons (Fsp3) is 0.538. The molecule has 1 fully saturated rings. The predicted octanol–water partition coefficient (Wildman–Crippen LogP) is 2.03. The Morgan fingerprint density at radius 1 is 1.50 bits per heavy atom. The summed E-state index contributed by atoms with van der Waals surface area (Å²) in [5.41, 5.74) is 0.737. The van der Waals surface area contributed by atoms with Gasteiger partial charge in [-0.2, -0.15) is 4.68 Å². The number of nitrogens with one attached hydrogen (secondary N) is 1. The molecule has 1 aliphatic rings. The smallest absolute Gasteiger partial charge is 0.263 e. The summed E-state index contributed by atoms with van der Waals surface area (Å²) < 4.78 is 1.52. The molecule has 2 atom stereocenters. The Morgan fingerprint density at radius 3 is 3.15 bits per heavy atom. The number of carbonyl (C=O) groups is 1. The van der Waals surface area contributed by atoms with Crippen molar-refractivity contribution in [2.45, 2.75) is 38.6 Å². The van der Waals surface area contributed by atoms with Crippen molar-refractivity contribution in [2.75, 3.05) is 0 Å². The third-order valence-corrected chi connectivity index (χ3v) is 4.62. The molecule has 0 aliphatic heterocycles. The second kappa shape index (κ2) is 5.70. The van der Waals surface area contributed by atoms with Gasteiger partial charge in [0.05, 0.1) is 5.69 Å². The van der Waals surface area contributed by atoms with Gasteiger partial charge in [-0.3, -0.25) is 4.79 Å². The zero-order chi connectivity index (χ0) is 13.9. The molecule has 20 heavy (non-hydrogen) atoms. The fourth-order valence-electron chi connectivity index (χ4n) is 2.74. The molecule has 1 aliphatic carbocycles. The highest BCUT2D eigenvalue weighted by Crippen LogP contribution is 2.25. The second-order valence-corrected chi connectivity index (χ2v) is 6.25. The van der Waals surface area contributed by atoms with Crippen LogP contribution in [-0.4, -0.2) is 32.2 Å². The number of rotatable bonds is 3. The van der Waals surface area contributed by atoms with Crippen LogP contribution in [0.15, 0.2) is 17.8 Å². The van der Waals surface area contributed by atoms with Crippen LogP contribution >= 0.6 is 11.3 Å². The average Bonchev–Trinajstić information content (AvgIpc) is 3.09. The van der Waals surface area contributed by atoms with E-state index >= 15 is 0 Å². The molecule has 6 nitrogen and oxygen atoms in total. The molecule has 1 N–H and O–H groups in total. The zero-order valence-corrected chi connectivity index (χ0v) is 12.1. The first-order valence-electron chi connectivity index (χ1n) is 6.85. The van der Waals surface area contributed by atoms with E-state index in [1.165, 1.54) is 35.2 Å². The third-order valence-electron chi connectivity index (χ3n) is 3.72. The quantitative estimate of drug-likeness (QED) is 0.939. The van der Waals surface area contributed by atoms with Crippen LogP contribution in [-0.2, 0) is 0 Å². The lowest BCUT2D eigenvalue weighted by molar-refractivity contribution is 0.0925. The number of tetrazole rings is 1. The van der Waals surface area contributed by atoms with Crippen LogP contribution in [0.4, 0.5) is 0 Å². The standard InChI is InChI=1S/C13H17N5OS/c1-9-3-2-4-10(7-9)15-13(19)12-11(5-6-20-12)18-8-14-16-17-18/h5-6,8-10H,2-4,7H2,1H3,(H,15,19)/t9-,10-/m0/s1. The van der Waals surface area contributed by atoms with Gasteiger partial charge in [0.1, 0.15) is 11.2 Å². The summed E-state index contributed by atoms with van der Waals surface area (Å²) >= 11 is 1.42. The topological polar surface area (TPSA) is 72.7 Å². The van der Waals surface area contributed by atoms with Crippen LogP contribution in [0.3, 0.4) is 0 Å². The van der Waals surface area contributed by atoms with E-state index in [4.69, 9.17) is 0 Å². The third kappa shape index (κ3) is 2.72. The first-order valence-corrected chi connectivity index (χ1v) is 7.73. The Labute approximate surface area is 121 Å². The summed E-state index contributed by atoms with van der Waals surface area (Å²) in [7, 11) is 0. The van der Waals surface area contributed by atoms with Crippen LogP contribution in [0.5, 0.6) is 0 Å². The highest BCUT2D eigenvalue weighted by atomic mass is 32.1. The van der Waals surface area contributed by atoms with Crippen LogP contribution in [0.2, 0.25) is 0 Å². The summed E-state index contributed by atoms with van der Waals surface area (Å²) in [6.45, 7) is 2.25. The lowest BCUT2D eigenvalue weighted by Crippen LogP contribution is -2.38. The largest absolute Gasteiger partial charge is 0.349 e. The fourth-order valence-corrected chi connectivity index (χ4v) is 3.52. The van der Waals surface area contributed by atoms with Gasteiger partial charge in [0.2, 0.25) is 0 Å². The summed E-state index contributed by atoms with van der Waals surface area (Å²) in [6.07, 6.45) is 6.10. The number of amides is 1. The summed E-state index contributed by atoms with van der Waals surface area (Å²) in [6, 6.07) is 2.15. The highest BCUT2D eigenvalue weighted by Gasteiger charge is 2.23. The second-order valence-electron chi connectivity index (χ2n) is 5.33. The molecule has 2 aromatic heterocycles. The van der Waals surface area contributed by atoms with Gasteiger partial charge in [-0.25, -0.2) is 0 Å². The minimum absolute atomic E-state index is 0.0235. The molecule has 3 rings (SSSR count). The molecular formula is C13H17N5OS. The maximum atomic E-state index is 12.4. The molecule has 0 saturated heterocycles. The van der Waals surface area contributed by atoms with Crippen molar-refractivity contribution in [1.82, 2.24) is 25.5 Å². The first kappa shape index (κ1) is 13.2. The van der Waals surface area contributed by atoms with Crippen LogP contribution < -0.4 is 5.32 Å². The normalized spacial score (nSPS) is 22.6. The van der Waals surface area contributed by atoms with Gasteiger partial charge in [-0.1, -0.05) is 19.8 Å². The van der Waals surface area contributed by atoms with Gasteiger partial charge in [-0.05, 0) is 40.6 Å². The van der Waals surface area contributed by atoms with E-state index in [-0.39, 0.29) is 11.9 Å². The molecule has 0 unspecified atom stereocenters. The van der Waals surface area contributed by atoms with E-state index in [0.29, 0.717) is 10.8 Å². The summed E-state index contributed by atoms with van der Waals surface area (Å²) in [5, 5.41) is 16.1. The van der Waals surface area contributed by atoms with Crippen molar-refractivity contribution in [1.29, 1.82) is 0 Å². The van der Waals surface area contributed by atoms with E-state index in [2.05, 4.69) is 27.8 Å². The van der Waals surface area contributed by atoms with Crippen molar-refractivity contribution in [3.63, 3.8) is 0 Å². The molecule has 2 heterocycles. The van der Waals surface area contributed by atoms with E-state index in [0.717, 1.165) is 18.5 Å². The lowest BCUT2D eigenvalue weighted by Gasteiger charge is -2.27. The van der Waals surface area contributed by atoms with Gasteiger partial charge < -0.3 is 5.32 Å². The van der Waals surface area contributed by atoms with E-state index in [9.17, 15) is 4.79 Å². The maximum Gasteiger partial charge on any atom is 0.263 e. The zero-order valence-electron chi connectivity index (χ0n) is 11.3. The molecule has 106 valence electrons. The molecule has 1 saturated carbocycles. The maximum absolute atomic E-state index is 12.4. The number of aromatic nitrogens is 4. The Balaban J connectivity index is 1.73. The van der Waals surface area contributed by atoms with Gasteiger partial charge in [0.15, 0.2) is 0 Å². The Kier molecular flexibility index (Phi) is 3.77. The van der Waals surface area contributed by atoms with Crippen LogP contribution in [0, 0.1) is 5.92 Å². The number of hydrogen-bond donors (Lipinski definition) is 1. The molecule has 0 bridgehead atoms. The molecule has 7 heteroatoms. The van der Waals surface area contributed by atoms with Crippen LogP contribution in [0.1, 0.15) is 42.3 Å². The molecule has 0 aromatic carbocycles. The van der Waals surface area contributed by atoms with E-state index < -0.39 is 0 Å². The predicted molar refractivity (Wildman–Crippen MR) is 75.9 cm³/mol. The highest BCUT2D eigenvalue weighted by molar-refractivity contribution is 7.12. The molecular weight excluding hydrogens is 274 g/mol. The van der Waals surface area contributed by atoms with Crippen molar-refractivity contribution in [2.24, 2.45) is 5.92 Å². The SMILES string of the molecule is C[C@H]1CCC[C@H](NC(=O)c2sccc2-n2cnnn2)C1. The van der Waals surface area contributed by atoms with Gasteiger partial charge in [0, 0.05) is 6.04 Å². The van der Waals surface area contributed by atoms with Gasteiger partial charge >= 0.3 is 0 Å². The Hall–Kier alpha value is -1.76.